The lowest BCUT2D eigenvalue weighted by atomic mass is 10.1. The molecule has 0 spiro atoms. The number of carbonyl (C=O) groups excluding carboxylic acids is 2. The molecule has 0 aliphatic carbocycles. The van der Waals surface area contributed by atoms with Crippen LogP contribution in [0, 0.1) is 5.92 Å². The molecular formula is C18H27NO3. The third kappa shape index (κ3) is 6.29. The Morgan fingerprint density at radius 1 is 1.23 bits per heavy atom. The van der Waals surface area contributed by atoms with Crippen LogP contribution in [-0.2, 0) is 20.7 Å². The van der Waals surface area contributed by atoms with Gasteiger partial charge in [0.1, 0.15) is 0 Å². The van der Waals surface area contributed by atoms with Crippen LogP contribution in [0.15, 0.2) is 30.3 Å². The fourth-order valence-corrected chi connectivity index (χ4v) is 2.33. The third-order valence-corrected chi connectivity index (χ3v) is 3.70. The predicted octanol–water partition coefficient (Wildman–Crippen LogP) is 3.06. The van der Waals surface area contributed by atoms with Crippen molar-refractivity contribution >= 4 is 11.9 Å². The molecule has 0 fully saturated rings. The summed E-state index contributed by atoms with van der Waals surface area (Å²) in [6.07, 6.45) is 3.18. The molecule has 1 rings (SSSR count). The van der Waals surface area contributed by atoms with Crippen molar-refractivity contribution in [1.82, 2.24) is 4.90 Å². The molecule has 122 valence electrons. The Hall–Kier alpha value is -1.84. The first-order valence-corrected chi connectivity index (χ1v) is 7.98. The summed E-state index contributed by atoms with van der Waals surface area (Å²) >= 11 is 0. The van der Waals surface area contributed by atoms with E-state index in [0.29, 0.717) is 19.5 Å². The van der Waals surface area contributed by atoms with Crippen molar-refractivity contribution in [1.29, 1.82) is 0 Å². The number of benzene rings is 1. The van der Waals surface area contributed by atoms with Gasteiger partial charge in [-0.1, -0.05) is 50.6 Å². The van der Waals surface area contributed by atoms with Crippen LogP contribution >= 0.6 is 0 Å². The van der Waals surface area contributed by atoms with Crippen LogP contribution in [0.25, 0.3) is 0 Å². The summed E-state index contributed by atoms with van der Waals surface area (Å²) in [7, 11) is 1.38. The predicted molar refractivity (Wildman–Crippen MR) is 87.4 cm³/mol. The van der Waals surface area contributed by atoms with Crippen LogP contribution in [0.5, 0.6) is 0 Å². The van der Waals surface area contributed by atoms with Gasteiger partial charge in [-0.05, 0) is 18.4 Å². The van der Waals surface area contributed by atoms with Crippen molar-refractivity contribution in [3.63, 3.8) is 0 Å². The van der Waals surface area contributed by atoms with Crippen LogP contribution in [0.2, 0.25) is 0 Å². The highest BCUT2D eigenvalue weighted by molar-refractivity contribution is 5.78. The molecule has 0 bridgehead atoms. The number of ether oxygens (including phenoxy) is 1. The summed E-state index contributed by atoms with van der Waals surface area (Å²) in [5, 5.41) is 0. The van der Waals surface area contributed by atoms with E-state index in [0.717, 1.165) is 24.8 Å². The molecule has 4 heteroatoms. The van der Waals surface area contributed by atoms with Gasteiger partial charge in [-0.15, -0.1) is 0 Å². The number of nitrogens with zero attached hydrogens (tertiary/aromatic N) is 1. The largest absolute Gasteiger partial charge is 0.469 e. The normalized spacial score (nSPS) is 11.8. The number of hydrogen-bond acceptors (Lipinski definition) is 3. The fraction of sp³-hybridized carbons (Fsp3) is 0.556. The second-order valence-corrected chi connectivity index (χ2v) is 5.60. The van der Waals surface area contributed by atoms with Crippen molar-refractivity contribution in [3.05, 3.63) is 35.9 Å². The molecule has 0 saturated heterocycles. The Balaban J connectivity index is 2.57. The first kappa shape index (κ1) is 18.2. The lowest BCUT2D eigenvalue weighted by molar-refractivity contribution is -0.146. The average Bonchev–Trinajstić information content (AvgIpc) is 2.56. The van der Waals surface area contributed by atoms with E-state index in [-0.39, 0.29) is 17.8 Å². The molecule has 22 heavy (non-hydrogen) atoms. The monoisotopic (exact) mass is 305 g/mol. The number of carbonyl (C=O) groups is 2. The van der Waals surface area contributed by atoms with Crippen LogP contribution in [0.1, 0.15) is 38.7 Å². The number of esters is 1. The molecule has 0 N–H and O–H groups in total. The highest BCUT2D eigenvalue weighted by Gasteiger charge is 2.20. The second-order valence-electron chi connectivity index (χ2n) is 5.60. The molecule has 0 saturated carbocycles. The molecule has 0 heterocycles. The SMILES string of the molecule is CCCCN(CC(C)C(=O)OC)C(=O)CCc1ccccc1. The van der Waals surface area contributed by atoms with Crippen molar-refractivity contribution in [2.75, 3.05) is 20.2 Å². The summed E-state index contributed by atoms with van der Waals surface area (Å²) in [6.45, 7) is 5.03. The van der Waals surface area contributed by atoms with Gasteiger partial charge < -0.3 is 9.64 Å². The minimum absolute atomic E-state index is 0.105. The number of aryl methyl sites for hydroxylation is 1. The van der Waals surface area contributed by atoms with Gasteiger partial charge in [0.25, 0.3) is 0 Å². The molecule has 1 atom stereocenters. The lowest BCUT2D eigenvalue weighted by Gasteiger charge is -2.25. The van der Waals surface area contributed by atoms with Gasteiger partial charge in [-0.25, -0.2) is 0 Å². The van der Waals surface area contributed by atoms with Crippen LogP contribution < -0.4 is 0 Å². The van der Waals surface area contributed by atoms with Crippen molar-refractivity contribution in [2.24, 2.45) is 5.92 Å². The van der Waals surface area contributed by atoms with E-state index >= 15 is 0 Å². The molecule has 0 aromatic heterocycles. The molecule has 1 amide bonds. The minimum Gasteiger partial charge on any atom is -0.469 e. The van der Waals surface area contributed by atoms with Crippen molar-refractivity contribution in [2.45, 2.75) is 39.5 Å². The zero-order valence-corrected chi connectivity index (χ0v) is 13.9. The van der Waals surface area contributed by atoms with Gasteiger partial charge >= 0.3 is 5.97 Å². The van der Waals surface area contributed by atoms with Crippen LogP contribution in [0.4, 0.5) is 0 Å². The molecular weight excluding hydrogens is 278 g/mol. The van der Waals surface area contributed by atoms with Gasteiger partial charge in [0.15, 0.2) is 0 Å². The maximum absolute atomic E-state index is 12.4. The van der Waals surface area contributed by atoms with E-state index in [4.69, 9.17) is 4.74 Å². The Bertz CT molecular complexity index is 459. The van der Waals surface area contributed by atoms with E-state index in [1.165, 1.54) is 7.11 Å². The molecule has 1 aromatic carbocycles. The van der Waals surface area contributed by atoms with Crippen LogP contribution in [-0.4, -0.2) is 37.0 Å². The quantitative estimate of drug-likeness (QED) is 0.659. The van der Waals surface area contributed by atoms with Gasteiger partial charge in [0.2, 0.25) is 5.91 Å². The third-order valence-electron chi connectivity index (χ3n) is 3.70. The number of amides is 1. The summed E-state index contributed by atoms with van der Waals surface area (Å²) in [4.78, 5) is 25.8. The van der Waals surface area contributed by atoms with Crippen molar-refractivity contribution < 1.29 is 14.3 Å². The first-order chi connectivity index (χ1) is 10.6. The number of methoxy groups -OCH3 is 1. The number of rotatable bonds is 9. The zero-order chi connectivity index (χ0) is 16.4. The maximum Gasteiger partial charge on any atom is 0.310 e. The lowest BCUT2D eigenvalue weighted by Crippen LogP contribution is -2.38. The van der Waals surface area contributed by atoms with E-state index < -0.39 is 0 Å². The maximum atomic E-state index is 12.4. The highest BCUT2D eigenvalue weighted by Crippen LogP contribution is 2.09. The van der Waals surface area contributed by atoms with Gasteiger partial charge in [-0.3, -0.25) is 9.59 Å². The molecule has 0 radical (unpaired) electrons. The molecule has 0 aliphatic rings. The topological polar surface area (TPSA) is 46.6 Å². The Labute approximate surface area is 133 Å². The standard InChI is InChI=1S/C18H27NO3/c1-4-5-13-19(14-15(2)18(21)22-3)17(20)12-11-16-9-7-6-8-10-16/h6-10,15H,4-5,11-14H2,1-3H3. The van der Waals surface area contributed by atoms with E-state index in [1.807, 2.05) is 30.3 Å². The minimum atomic E-state index is -0.289. The van der Waals surface area contributed by atoms with Gasteiger partial charge in [-0.2, -0.15) is 0 Å². The van der Waals surface area contributed by atoms with E-state index in [1.54, 1.807) is 11.8 Å². The fourth-order valence-electron chi connectivity index (χ4n) is 2.33. The molecule has 0 aliphatic heterocycles. The number of unbranched alkanes of at least 4 members (excludes halogenated alkanes) is 1. The summed E-state index contributed by atoms with van der Waals surface area (Å²) < 4.78 is 4.75. The number of hydrogen-bond donors (Lipinski definition) is 0. The molecule has 1 aromatic rings. The Morgan fingerprint density at radius 3 is 2.50 bits per heavy atom. The molecule has 4 nitrogen and oxygen atoms in total. The second kappa shape index (κ2) is 9.98. The Morgan fingerprint density at radius 2 is 1.91 bits per heavy atom. The zero-order valence-electron chi connectivity index (χ0n) is 13.9. The van der Waals surface area contributed by atoms with E-state index in [9.17, 15) is 9.59 Å². The van der Waals surface area contributed by atoms with Crippen molar-refractivity contribution in [3.8, 4) is 0 Å². The first-order valence-electron chi connectivity index (χ1n) is 7.98. The van der Waals surface area contributed by atoms with Gasteiger partial charge in [0.05, 0.1) is 13.0 Å². The Kier molecular flexibility index (Phi) is 8.26. The van der Waals surface area contributed by atoms with Gasteiger partial charge in [0, 0.05) is 19.5 Å². The van der Waals surface area contributed by atoms with E-state index in [2.05, 4.69) is 6.92 Å². The molecule has 1 unspecified atom stereocenters. The van der Waals surface area contributed by atoms with Crippen LogP contribution in [0.3, 0.4) is 0 Å². The average molecular weight is 305 g/mol. The summed E-state index contributed by atoms with van der Waals surface area (Å²) in [5.41, 5.74) is 1.16. The summed E-state index contributed by atoms with van der Waals surface area (Å²) in [5.74, 6) is -0.451. The summed E-state index contributed by atoms with van der Waals surface area (Å²) in [6, 6.07) is 9.99. The highest BCUT2D eigenvalue weighted by atomic mass is 16.5. The smallest absolute Gasteiger partial charge is 0.310 e.